The average molecular weight is 273 g/mol. The zero-order valence-corrected chi connectivity index (χ0v) is 10.9. The van der Waals surface area contributed by atoms with Gasteiger partial charge in [0.05, 0.1) is 18.3 Å². The summed E-state index contributed by atoms with van der Waals surface area (Å²) in [5.41, 5.74) is 0.766. The lowest BCUT2D eigenvalue weighted by Crippen LogP contribution is -2.09. The maximum atomic E-state index is 11.4. The summed E-state index contributed by atoms with van der Waals surface area (Å²) in [4.78, 5) is 15.6. The van der Waals surface area contributed by atoms with E-state index >= 15 is 0 Å². The quantitative estimate of drug-likeness (QED) is 0.647. The standard InChI is InChI=1S/C15H15NO4/c17-15(18)14-11-3-1-2-4-12(11)16-7-13(14)20-9-19-8-10-5-6-10/h1-4,7,10H,5-6,8-9H2,(H,17,18). The molecule has 5 nitrogen and oxygen atoms in total. The van der Waals surface area contributed by atoms with Crippen LogP contribution in [0.5, 0.6) is 5.75 Å². The molecule has 1 heterocycles. The summed E-state index contributed by atoms with van der Waals surface area (Å²) in [6.45, 7) is 0.722. The first-order chi connectivity index (χ1) is 9.75. The number of carbonyl (C=O) groups is 1. The highest BCUT2D eigenvalue weighted by Crippen LogP contribution is 2.29. The van der Waals surface area contributed by atoms with Crippen molar-refractivity contribution >= 4 is 16.9 Å². The molecule has 0 radical (unpaired) electrons. The molecule has 0 spiro atoms. The Labute approximate surface area is 116 Å². The summed E-state index contributed by atoms with van der Waals surface area (Å²) >= 11 is 0. The van der Waals surface area contributed by atoms with Gasteiger partial charge in [-0.3, -0.25) is 4.98 Å². The minimum absolute atomic E-state index is 0.0524. The van der Waals surface area contributed by atoms with Crippen LogP contribution in [0.4, 0.5) is 0 Å². The van der Waals surface area contributed by atoms with Gasteiger partial charge >= 0.3 is 5.97 Å². The molecule has 1 aliphatic carbocycles. The Morgan fingerprint density at radius 3 is 2.90 bits per heavy atom. The molecule has 2 aromatic rings. The highest BCUT2D eigenvalue weighted by molar-refractivity contribution is 6.04. The molecule has 20 heavy (non-hydrogen) atoms. The van der Waals surface area contributed by atoms with Gasteiger partial charge in [-0.15, -0.1) is 0 Å². The van der Waals surface area contributed by atoms with Crippen molar-refractivity contribution in [1.29, 1.82) is 0 Å². The van der Waals surface area contributed by atoms with Gasteiger partial charge in [-0.2, -0.15) is 0 Å². The fraction of sp³-hybridized carbons (Fsp3) is 0.333. The van der Waals surface area contributed by atoms with Crippen molar-refractivity contribution in [2.24, 2.45) is 5.92 Å². The van der Waals surface area contributed by atoms with Gasteiger partial charge in [0.1, 0.15) is 5.56 Å². The van der Waals surface area contributed by atoms with Crippen molar-refractivity contribution in [2.75, 3.05) is 13.4 Å². The molecule has 0 amide bonds. The Hall–Kier alpha value is -2.14. The second-order valence-electron chi connectivity index (χ2n) is 4.90. The number of nitrogens with zero attached hydrogens (tertiary/aromatic N) is 1. The van der Waals surface area contributed by atoms with Crippen molar-refractivity contribution < 1.29 is 19.4 Å². The molecule has 5 heteroatoms. The first-order valence-corrected chi connectivity index (χ1v) is 6.57. The van der Waals surface area contributed by atoms with E-state index in [1.54, 1.807) is 18.2 Å². The number of aromatic carboxylic acids is 1. The van der Waals surface area contributed by atoms with Crippen LogP contribution < -0.4 is 4.74 Å². The van der Waals surface area contributed by atoms with Gasteiger partial charge in [0.25, 0.3) is 0 Å². The summed E-state index contributed by atoms with van der Waals surface area (Å²) in [6, 6.07) is 7.10. The molecule has 0 bridgehead atoms. The number of para-hydroxylation sites is 1. The summed E-state index contributed by atoms with van der Waals surface area (Å²) < 4.78 is 10.8. The maximum absolute atomic E-state index is 11.4. The molecule has 104 valence electrons. The molecular formula is C15H15NO4. The van der Waals surface area contributed by atoms with Gasteiger partial charge in [-0.25, -0.2) is 4.79 Å². The smallest absolute Gasteiger partial charge is 0.340 e. The topological polar surface area (TPSA) is 68.7 Å². The van der Waals surface area contributed by atoms with Crippen LogP contribution in [0.15, 0.2) is 30.5 Å². The van der Waals surface area contributed by atoms with Crippen molar-refractivity contribution in [3.05, 3.63) is 36.0 Å². The van der Waals surface area contributed by atoms with Crippen LogP contribution >= 0.6 is 0 Å². The summed E-state index contributed by atoms with van der Waals surface area (Å²) in [5.74, 6) is -0.139. The molecule has 1 N–H and O–H groups in total. The number of hydrogen-bond donors (Lipinski definition) is 1. The first kappa shape index (κ1) is 12.9. The molecule has 0 unspecified atom stereocenters. The van der Waals surface area contributed by atoms with E-state index in [1.165, 1.54) is 19.0 Å². The van der Waals surface area contributed by atoms with Crippen LogP contribution in [0.25, 0.3) is 10.9 Å². The first-order valence-electron chi connectivity index (χ1n) is 6.57. The Morgan fingerprint density at radius 2 is 2.15 bits per heavy atom. The normalized spacial score (nSPS) is 14.4. The lowest BCUT2D eigenvalue weighted by atomic mass is 10.1. The zero-order valence-electron chi connectivity index (χ0n) is 10.9. The number of pyridine rings is 1. The van der Waals surface area contributed by atoms with Crippen molar-refractivity contribution in [2.45, 2.75) is 12.8 Å². The highest BCUT2D eigenvalue weighted by atomic mass is 16.7. The van der Waals surface area contributed by atoms with Gasteiger partial charge < -0.3 is 14.6 Å². The van der Waals surface area contributed by atoms with Gasteiger partial charge in [0, 0.05) is 5.39 Å². The van der Waals surface area contributed by atoms with E-state index in [9.17, 15) is 9.90 Å². The second-order valence-corrected chi connectivity index (χ2v) is 4.90. The fourth-order valence-corrected chi connectivity index (χ4v) is 2.06. The Kier molecular flexibility index (Phi) is 3.52. The molecule has 0 aliphatic heterocycles. The van der Waals surface area contributed by atoms with E-state index in [-0.39, 0.29) is 18.1 Å². The molecular weight excluding hydrogens is 258 g/mol. The molecule has 1 saturated carbocycles. The van der Waals surface area contributed by atoms with E-state index < -0.39 is 5.97 Å². The van der Waals surface area contributed by atoms with Crippen molar-refractivity contribution in [1.82, 2.24) is 4.98 Å². The number of rotatable bonds is 6. The van der Waals surface area contributed by atoms with Crippen molar-refractivity contribution in [3.63, 3.8) is 0 Å². The van der Waals surface area contributed by atoms with Crippen LogP contribution in [0, 0.1) is 5.92 Å². The van der Waals surface area contributed by atoms with E-state index in [4.69, 9.17) is 9.47 Å². The van der Waals surface area contributed by atoms with E-state index in [1.807, 2.05) is 6.07 Å². The van der Waals surface area contributed by atoms with Crippen LogP contribution in [0.1, 0.15) is 23.2 Å². The zero-order chi connectivity index (χ0) is 13.9. The largest absolute Gasteiger partial charge is 0.478 e. The number of ether oxygens (including phenoxy) is 2. The maximum Gasteiger partial charge on any atom is 0.340 e. The number of aromatic nitrogens is 1. The Bertz CT molecular complexity index is 637. The lowest BCUT2D eigenvalue weighted by Gasteiger charge is -2.11. The van der Waals surface area contributed by atoms with Crippen LogP contribution in [-0.4, -0.2) is 29.5 Å². The summed E-state index contributed by atoms with van der Waals surface area (Å²) in [6.07, 6.45) is 3.85. The number of carboxylic acid groups (broad SMARTS) is 1. The summed E-state index contributed by atoms with van der Waals surface area (Å²) in [7, 11) is 0. The predicted octanol–water partition coefficient (Wildman–Crippen LogP) is 2.70. The van der Waals surface area contributed by atoms with E-state index in [0.717, 1.165) is 0 Å². The van der Waals surface area contributed by atoms with Crippen molar-refractivity contribution in [3.8, 4) is 5.75 Å². The third kappa shape index (κ3) is 2.72. The van der Waals surface area contributed by atoms with Gasteiger partial charge in [-0.1, -0.05) is 18.2 Å². The minimum atomic E-state index is -1.03. The predicted molar refractivity (Wildman–Crippen MR) is 72.9 cm³/mol. The molecule has 1 fully saturated rings. The van der Waals surface area contributed by atoms with Gasteiger partial charge in [-0.05, 0) is 24.8 Å². The molecule has 1 aliphatic rings. The average Bonchev–Trinajstić information content (AvgIpc) is 3.27. The Balaban J connectivity index is 1.81. The fourth-order valence-electron chi connectivity index (χ4n) is 2.06. The Morgan fingerprint density at radius 1 is 1.35 bits per heavy atom. The molecule has 0 saturated heterocycles. The van der Waals surface area contributed by atoms with E-state index in [0.29, 0.717) is 23.4 Å². The second kappa shape index (κ2) is 5.46. The summed E-state index contributed by atoms with van der Waals surface area (Å²) in [5, 5.41) is 9.94. The molecule has 0 atom stereocenters. The number of hydrogen-bond acceptors (Lipinski definition) is 4. The van der Waals surface area contributed by atoms with Crippen LogP contribution in [0.3, 0.4) is 0 Å². The minimum Gasteiger partial charge on any atom is -0.478 e. The van der Waals surface area contributed by atoms with Crippen LogP contribution in [-0.2, 0) is 4.74 Å². The molecule has 1 aromatic carbocycles. The third-order valence-electron chi connectivity index (χ3n) is 3.30. The number of benzene rings is 1. The number of fused-ring (bicyclic) bond motifs is 1. The monoisotopic (exact) mass is 273 g/mol. The lowest BCUT2D eigenvalue weighted by molar-refractivity contribution is 0.00911. The van der Waals surface area contributed by atoms with Crippen LogP contribution in [0.2, 0.25) is 0 Å². The number of carboxylic acids is 1. The van der Waals surface area contributed by atoms with Gasteiger partial charge in [0.15, 0.2) is 12.5 Å². The molecule has 3 rings (SSSR count). The third-order valence-corrected chi connectivity index (χ3v) is 3.30. The van der Waals surface area contributed by atoms with Gasteiger partial charge in [0.2, 0.25) is 0 Å². The van der Waals surface area contributed by atoms with E-state index in [2.05, 4.69) is 4.98 Å². The molecule has 1 aromatic heterocycles. The highest BCUT2D eigenvalue weighted by Gasteiger charge is 2.21. The SMILES string of the molecule is O=C(O)c1c(OCOCC2CC2)cnc2ccccc12.